The van der Waals surface area contributed by atoms with Gasteiger partial charge in [-0.3, -0.25) is 4.98 Å². The van der Waals surface area contributed by atoms with E-state index in [1.54, 1.807) is 12.4 Å². The van der Waals surface area contributed by atoms with Crippen molar-refractivity contribution in [2.45, 2.75) is 96.2 Å². The molecule has 0 bridgehead atoms. The molecule has 1 fully saturated rings. The summed E-state index contributed by atoms with van der Waals surface area (Å²) in [6, 6.07) is 3.33. The number of aromatic nitrogens is 1. The van der Waals surface area contributed by atoms with Gasteiger partial charge in [-0.05, 0) is 57.2 Å². The first-order chi connectivity index (χ1) is 12.4. The van der Waals surface area contributed by atoms with Crippen molar-refractivity contribution in [3.63, 3.8) is 0 Å². The van der Waals surface area contributed by atoms with E-state index < -0.39 is 8.32 Å². The summed E-state index contributed by atoms with van der Waals surface area (Å²) in [6.45, 7) is 8.91. The average Bonchev–Trinajstić information content (AvgIpc) is 3.04. The Morgan fingerprint density at radius 3 is 2.27 bits per heavy atom. The molecule has 3 atom stereocenters. The van der Waals surface area contributed by atoms with Crippen LogP contribution in [0.5, 0.6) is 0 Å². The predicted octanol–water partition coefficient (Wildman–Crippen LogP) is 7.19. The summed E-state index contributed by atoms with van der Waals surface area (Å²) in [7, 11) is -1.77. The number of hydrogen-bond acceptors (Lipinski definition) is 3. The molecule has 1 unspecified atom stereocenters. The van der Waals surface area contributed by atoms with Gasteiger partial charge in [0.15, 0.2) is 8.32 Å². The molecule has 1 aliphatic rings. The molecule has 2 heterocycles. The zero-order valence-electron chi connectivity index (χ0n) is 16.6. The molecule has 0 saturated carbocycles. The Morgan fingerprint density at radius 2 is 1.77 bits per heavy atom. The van der Waals surface area contributed by atoms with Crippen molar-refractivity contribution in [1.82, 2.24) is 4.98 Å². The van der Waals surface area contributed by atoms with E-state index in [9.17, 15) is 0 Å². The van der Waals surface area contributed by atoms with Crippen LogP contribution >= 0.6 is 23.2 Å². The van der Waals surface area contributed by atoms with E-state index in [2.05, 4.69) is 32.7 Å². The summed E-state index contributed by atoms with van der Waals surface area (Å²) in [4.78, 5) is 4.11. The van der Waals surface area contributed by atoms with Gasteiger partial charge >= 0.3 is 0 Å². The summed E-state index contributed by atoms with van der Waals surface area (Å²) in [5, 5.41) is 1.22. The first kappa shape index (κ1) is 22.2. The van der Waals surface area contributed by atoms with Gasteiger partial charge in [0.25, 0.3) is 0 Å². The van der Waals surface area contributed by atoms with Crippen LogP contribution in [0.25, 0.3) is 0 Å². The van der Waals surface area contributed by atoms with Gasteiger partial charge in [0.05, 0.1) is 28.4 Å². The molecular weight excluding hydrogens is 385 g/mol. The minimum absolute atomic E-state index is 0.0525. The molecule has 0 radical (unpaired) electrons. The first-order valence-electron chi connectivity index (χ1n) is 10.1. The summed E-state index contributed by atoms with van der Waals surface area (Å²) in [5.41, 5.74) is 0.913. The highest BCUT2D eigenvalue weighted by Gasteiger charge is 2.34. The number of nitrogens with zero attached hydrogens (tertiary/aromatic N) is 1. The fourth-order valence-electron chi connectivity index (χ4n) is 3.92. The molecule has 6 heteroatoms. The van der Waals surface area contributed by atoms with Crippen LogP contribution in [-0.2, 0) is 9.16 Å². The molecule has 26 heavy (non-hydrogen) atoms. The second kappa shape index (κ2) is 10.4. The van der Waals surface area contributed by atoms with Crippen LogP contribution in [0.1, 0.15) is 71.5 Å². The van der Waals surface area contributed by atoms with Crippen LogP contribution in [0.15, 0.2) is 12.4 Å². The van der Waals surface area contributed by atoms with E-state index in [1.807, 2.05) is 0 Å². The van der Waals surface area contributed by atoms with Gasteiger partial charge in [-0.2, -0.15) is 0 Å². The molecule has 3 nitrogen and oxygen atoms in total. The molecule has 1 aromatic rings. The van der Waals surface area contributed by atoms with E-state index in [0.29, 0.717) is 22.3 Å². The highest BCUT2D eigenvalue weighted by molar-refractivity contribution is 6.73. The minimum Gasteiger partial charge on any atom is -0.410 e. The van der Waals surface area contributed by atoms with Crippen molar-refractivity contribution in [2.24, 2.45) is 0 Å². The number of pyridine rings is 1. The Labute approximate surface area is 169 Å². The molecule has 1 saturated heterocycles. The van der Waals surface area contributed by atoms with Crippen LogP contribution in [0.4, 0.5) is 0 Å². The number of halogens is 2. The Hall–Kier alpha value is -0.133. The van der Waals surface area contributed by atoms with E-state index >= 15 is 0 Å². The van der Waals surface area contributed by atoms with Crippen molar-refractivity contribution >= 4 is 31.5 Å². The first-order valence-corrected chi connectivity index (χ1v) is 13.3. The van der Waals surface area contributed by atoms with Crippen molar-refractivity contribution < 1.29 is 9.16 Å². The second-order valence-electron chi connectivity index (χ2n) is 7.44. The third kappa shape index (κ3) is 5.68. The Balaban J connectivity index is 2.13. The lowest BCUT2D eigenvalue weighted by atomic mass is 10.0. The highest BCUT2D eigenvalue weighted by Crippen LogP contribution is 2.39. The maximum absolute atomic E-state index is 6.82. The molecule has 0 amide bonds. The smallest absolute Gasteiger partial charge is 0.192 e. The fourth-order valence-corrected chi connectivity index (χ4v) is 7.37. The van der Waals surface area contributed by atoms with Crippen LogP contribution < -0.4 is 0 Å². The molecular formula is C20H33Cl2NO2Si. The van der Waals surface area contributed by atoms with E-state index in [-0.39, 0.29) is 6.10 Å². The van der Waals surface area contributed by atoms with Crippen LogP contribution in [0, 0.1) is 0 Å². The SMILES string of the molecule is CC[Si](CC)(CC)OC(CCC[C@@H]1CC[C@@H](C)O1)c1c(Cl)cncc1Cl. The van der Waals surface area contributed by atoms with Gasteiger partial charge in [-0.25, -0.2) is 0 Å². The Morgan fingerprint density at radius 1 is 1.15 bits per heavy atom. The van der Waals surface area contributed by atoms with Gasteiger partial charge in [0.1, 0.15) is 0 Å². The number of ether oxygens (including phenoxy) is 1. The van der Waals surface area contributed by atoms with Gasteiger partial charge in [0.2, 0.25) is 0 Å². The predicted molar refractivity (Wildman–Crippen MR) is 113 cm³/mol. The van der Waals surface area contributed by atoms with Crippen molar-refractivity contribution in [1.29, 1.82) is 0 Å². The van der Waals surface area contributed by atoms with Crippen LogP contribution in [-0.4, -0.2) is 25.5 Å². The fraction of sp³-hybridized carbons (Fsp3) is 0.750. The van der Waals surface area contributed by atoms with E-state index in [1.165, 1.54) is 12.8 Å². The largest absolute Gasteiger partial charge is 0.410 e. The Bertz CT molecular complexity index is 540. The quantitative estimate of drug-likeness (QED) is 0.377. The zero-order valence-corrected chi connectivity index (χ0v) is 19.1. The monoisotopic (exact) mass is 417 g/mol. The molecule has 0 aliphatic carbocycles. The van der Waals surface area contributed by atoms with Gasteiger partial charge in [-0.1, -0.05) is 44.0 Å². The molecule has 1 aromatic heterocycles. The molecule has 148 valence electrons. The molecule has 2 rings (SSSR count). The van der Waals surface area contributed by atoms with Crippen molar-refractivity contribution in [3.8, 4) is 0 Å². The zero-order chi connectivity index (χ0) is 19.2. The second-order valence-corrected chi connectivity index (χ2v) is 13.0. The number of rotatable bonds is 10. The normalized spacial score (nSPS) is 21.9. The van der Waals surface area contributed by atoms with Gasteiger partial charge in [0, 0.05) is 18.0 Å². The third-order valence-corrected chi connectivity index (χ3v) is 11.1. The third-order valence-electron chi connectivity index (χ3n) is 5.85. The van der Waals surface area contributed by atoms with Crippen LogP contribution in [0.3, 0.4) is 0 Å². The van der Waals surface area contributed by atoms with Crippen LogP contribution in [0.2, 0.25) is 28.2 Å². The maximum Gasteiger partial charge on any atom is 0.192 e. The topological polar surface area (TPSA) is 31.4 Å². The summed E-state index contributed by atoms with van der Waals surface area (Å²) >= 11 is 12.9. The summed E-state index contributed by atoms with van der Waals surface area (Å²) < 4.78 is 12.8. The van der Waals surface area contributed by atoms with Gasteiger partial charge in [-0.15, -0.1) is 0 Å². The van der Waals surface area contributed by atoms with Crippen molar-refractivity contribution in [3.05, 3.63) is 28.0 Å². The summed E-state index contributed by atoms with van der Waals surface area (Å²) in [5.74, 6) is 0. The molecule has 1 aliphatic heterocycles. The Kier molecular flexibility index (Phi) is 8.88. The standard InChI is InChI=1S/C20H33Cl2NO2Si/c1-5-26(6-2,7-3)25-19(20-17(21)13-23-14-18(20)22)10-8-9-16-12-11-15(4)24-16/h13-16,19H,5-12H2,1-4H3/t15-,16-,19?/m1/s1. The lowest BCUT2D eigenvalue weighted by molar-refractivity contribution is 0.0470. The lowest BCUT2D eigenvalue weighted by Crippen LogP contribution is -2.37. The lowest BCUT2D eigenvalue weighted by Gasteiger charge is -2.34. The number of hydrogen-bond donors (Lipinski definition) is 0. The van der Waals surface area contributed by atoms with Gasteiger partial charge < -0.3 is 9.16 Å². The molecule has 0 spiro atoms. The van der Waals surface area contributed by atoms with E-state index in [4.69, 9.17) is 32.4 Å². The minimum atomic E-state index is -1.77. The molecule has 0 aromatic carbocycles. The van der Waals surface area contributed by atoms with E-state index in [0.717, 1.165) is 43.0 Å². The average molecular weight is 418 g/mol. The molecule has 0 N–H and O–H groups in total. The van der Waals surface area contributed by atoms with Crippen molar-refractivity contribution in [2.75, 3.05) is 0 Å². The highest BCUT2D eigenvalue weighted by atomic mass is 35.5. The maximum atomic E-state index is 6.82. The summed E-state index contributed by atoms with van der Waals surface area (Å²) in [6.07, 6.45) is 9.47.